The molecule has 3 rings (SSSR count). The molecule has 0 radical (unpaired) electrons. The lowest BCUT2D eigenvalue weighted by molar-refractivity contribution is 0.0950. The lowest BCUT2D eigenvalue weighted by Gasteiger charge is -2.19. The molecule has 0 aliphatic heterocycles. The minimum atomic E-state index is -0.111. The van der Waals surface area contributed by atoms with Crippen LogP contribution in [0.25, 0.3) is 0 Å². The van der Waals surface area contributed by atoms with E-state index in [1.165, 1.54) is 5.56 Å². The number of ether oxygens (including phenoxy) is 1. The third-order valence-electron chi connectivity index (χ3n) is 4.53. The maximum absolute atomic E-state index is 12.4. The summed E-state index contributed by atoms with van der Waals surface area (Å²) in [6.45, 7) is 7.43. The van der Waals surface area contributed by atoms with Crippen molar-refractivity contribution in [2.24, 2.45) is 7.05 Å². The highest BCUT2D eigenvalue weighted by molar-refractivity contribution is 5.94. The van der Waals surface area contributed by atoms with E-state index in [0.717, 1.165) is 16.9 Å². The molecule has 5 nitrogen and oxygen atoms in total. The normalized spacial score (nSPS) is 11.3. The zero-order valence-corrected chi connectivity index (χ0v) is 16.9. The Bertz CT molecular complexity index is 937. The minimum Gasteiger partial charge on any atom is -0.489 e. The van der Waals surface area contributed by atoms with Crippen LogP contribution in [0.4, 0.5) is 0 Å². The van der Waals surface area contributed by atoms with E-state index in [-0.39, 0.29) is 11.3 Å². The first kappa shape index (κ1) is 19.7. The molecule has 28 heavy (non-hydrogen) atoms. The lowest BCUT2D eigenvalue weighted by Crippen LogP contribution is -2.22. The summed E-state index contributed by atoms with van der Waals surface area (Å²) in [5.74, 6) is 0.708. The molecule has 1 amide bonds. The molecule has 0 unspecified atom stereocenters. The Kier molecular flexibility index (Phi) is 5.83. The molecule has 0 saturated heterocycles. The molecule has 2 aromatic carbocycles. The molecule has 0 saturated carbocycles. The largest absolute Gasteiger partial charge is 0.489 e. The number of aryl methyl sites for hydroxylation is 1. The van der Waals surface area contributed by atoms with Crippen LogP contribution in [0.1, 0.15) is 47.8 Å². The third kappa shape index (κ3) is 5.22. The van der Waals surface area contributed by atoms with Crippen molar-refractivity contribution in [3.63, 3.8) is 0 Å². The van der Waals surface area contributed by atoms with Crippen molar-refractivity contribution in [3.8, 4) is 5.75 Å². The van der Waals surface area contributed by atoms with Crippen molar-refractivity contribution in [1.82, 2.24) is 15.1 Å². The van der Waals surface area contributed by atoms with Crippen LogP contribution in [0.2, 0.25) is 0 Å². The number of benzene rings is 2. The van der Waals surface area contributed by atoms with Gasteiger partial charge in [-0.05, 0) is 40.8 Å². The molecule has 1 N–H and O–H groups in total. The molecule has 146 valence electrons. The Morgan fingerprint density at radius 2 is 1.86 bits per heavy atom. The van der Waals surface area contributed by atoms with Gasteiger partial charge >= 0.3 is 0 Å². The molecule has 5 heteroatoms. The van der Waals surface area contributed by atoms with Crippen molar-refractivity contribution in [2.75, 3.05) is 0 Å². The number of rotatable bonds is 6. The van der Waals surface area contributed by atoms with Gasteiger partial charge in [-0.2, -0.15) is 5.10 Å². The van der Waals surface area contributed by atoms with Gasteiger partial charge in [0, 0.05) is 30.9 Å². The number of carbonyl (C=O) groups is 1. The number of hydrogen-bond donors (Lipinski definition) is 1. The van der Waals surface area contributed by atoms with Crippen LogP contribution in [0.5, 0.6) is 5.75 Å². The van der Waals surface area contributed by atoms with E-state index in [1.807, 2.05) is 43.6 Å². The predicted molar refractivity (Wildman–Crippen MR) is 110 cm³/mol. The quantitative estimate of drug-likeness (QED) is 0.699. The van der Waals surface area contributed by atoms with E-state index in [0.29, 0.717) is 18.7 Å². The average Bonchev–Trinajstić information content (AvgIpc) is 3.09. The summed E-state index contributed by atoms with van der Waals surface area (Å²) < 4.78 is 7.60. The Hall–Kier alpha value is -3.08. The maximum Gasteiger partial charge on any atom is 0.251 e. The van der Waals surface area contributed by atoms with Gasteiger partial charge in [0.25, 0.3) is 5.91 Å². The van der Waals surface area contributed by atoms with E-state index < -0.39 is 0 Å². The number of hydrogen-bond acceptors (Lipinski definition) is 3. The van der Waals surface area contributed by atoms with Gasteiger partial charge in [0.05, 0.1) is 6.20 Å². The fourth-order valence-corrected chi connectivity index (χ4v) is 2.87. The van der Waals surface area contributed by atoms with Crippen molar-refractivity contribution >= 4 is 5.91 Å². The number of nitrogens with zero attached hydrogens (tertiary/aromatic N) is 2. The van der Waals surface area contributed by atoms with Crippen molar-refractivity contribution in [2.45, 2.75) is 39.3 Å². The van der Waals surface area contributed by atoms with Crippen LogP contribution in [0.15, 0.2) is 60.9 Å². The highest BCUT2D eigenvalue weighted by Crippen LogP contribution is 2.24. The second-order valence-corrected chi connectivity index (χ2v) is 7.97. The zero-order valence-electron chi connectivity index (χ0n) is 16.9. The minimum absolute atomic E-state index is 0.111. The van der Waals surface area contributed by atoms with Crippen molar-refractivity contribution in [1.29, 1.82) is 0 Å². The maximum atomic E-state index is 12.4. The van der Waals surface area contributed by atoms with E-state index in [1.54, 1.807) is 16.9 Å². The molecule has 0 bridgehead atoms. The number of amides is 1. The van der Waals surface area contributed by atoms with Gasteiger partial charge in [-0.3, -0.25) is 9.48 Å². The SMILES string of the molecule is Cn1cc(CNC(=O)c2cccc(COc3ccc(C(C)(C)C)cc3)c2)cn1. The van der Waals surface area contributed by atoms with Gasteiger partial charge in [0.15, 0.2) is 0 Å². The first-order chi connectivity index (χ1) is 13.3. The molecular weight excluding hydrogens is 350 g/mol. The summed E-state index contributed by atoms with van der Waals surface area (Å²) in [6.07, 6.45) is 3.63. The molecule has 3 aromatic rings. The molecule has 0 aliphatic carbocycles. The topological polar surface area (TPSA) is 56.2 Å². The summed E-state index contributed by atoms with van der Waals surface area (Å²) in [5, 5.41) is 7.02. The van der Waals surface area contributed by atoms with Gasteiger partial charge in [-0.1, -0.05) is 45.0 Å². The number of aromatic nitrogens is 2. The Labute approximate surface area is 166 Å². The smallest absolute Gasteiger partial charge is 0.251 e. The second-order valence-electron chi connectivity index (χ2n) is 7.97. The Morgan fingerprint density at radius 3 is 2.50 bits per heavy atom. The molecule has 0 fully saturated rings. The van der Waals surface area contributed by atoms with Gasteiger partial charge in [0.2, 0.25) is 0 Å². The Morgan fingerprint density at radius 1 is 1.11 bits per heavy atom. The average molecular weight is 377 g/mol. The first-order valence-corrected chi connectivity index (χ1v) is 9.39. The highest BCUT2D eigenvalue weighted by atomic mass is 16.5. The second kappa shape index (κ2) is 8.30. The van der Waals surface area contributed by atoms with E-state index in [2.05, 4.69) is 43.3 Å². The van der Waals surface area contributed by atoms with Gasteiger partial charge in [0.1, 0.15) is 12.4 Å². The van der Waals surface area contributed by atoms with Crippen molar-refractivity contribution < 1.29 is 9.53 Å². The molecular formula is C23H27N3O2. The Balaban J connectivity index is 1.57. The number of carbonyl (C=O) groups excluding carboxylic acids is 1. The zero-order chi connectivity index (χ0) is 20.1. The van der Waals surface area contributed by atoms with Crippen LogP contribution >= 0.6 is 0 Å². The van der Waals surface area contributed by atoms with Crippen LogP contribution in [-0.4, -0.2) is 15.7 Å². The van der Waals surface area contributed by atoms with Crippen LogP contribution in [-0.2, 0) is 25.6 Å². The summed E-state index contributed by atoms with van der Waals surface area (Å²) >= 11 is 0. The lowest BCUT2D eigenvalue weighted by atomic mass is 9.87. The molecule has 0 spiro atoms. The van der Waals surface area contributed by atoms with E-state index in [9.17, 15) is 4.79 Å². The predicted octanol–water partition coefficient (Wildman–Crippen LogP) is 4.23. The first-order valence-electron chi connectivity index (χ1n) is 9.39. The summed E-state index contributed by atoms with van der Waals surface area (Å²) in [4.78, 5) is 12.4. The molecule has 0 aliphatic rings. The van der Waals surface area contributed by atoms with Crippen LogP contribution < -0.4 is 10.1 Å². The monoisotopic (exact) mass is 377 g/mol. The fraction of sp³-hybridized carbons (Fsp3) is 0.304. The van der Waals surface area contributed by atoms with E-state index >= 15 is 0 Å². The van der Waals surface area contributed by atoms with Gasteiger partial charge in [-0.15, -0.1) is 0 Å². The standard InChI is InChI=1S/C23H27N3O2/c1-23(2,3)20-8-10-21(11-9-20)28-16-17-6-5-7-19(12-17)22(27)24-13-18-14-25-26(4)15-18/h5-12,14-15H,13,16H2,1-4H3,(H,24,27). The summed E-state index contributed by atoms with van der Waals surface area (Å²) in [7, 11) is 1.85. The third-order valence-corrected chi connectivity index (χ3v) is 4.53. The number of nitrogens with one attached hydrogen (secondary N) is 1. The van der Waals surface area contributed by atoms with Gasteiger partial charge in [-0.25, -0.2) is 0 Å². The molecule has 1 heterocycles. The summed E-state index contributed by atoms with van der Waals surface area (Å²) in [5.41, 5.74) is 3.93. The van der Waals surface area contributed by atoms with Gasteiger partial charge < -0.3 is 10.1 Å². The van der Waals surface area contributed by atoms with Crippen LogP contribution in [0.3, 0.4) is 0 Å². The fourth-order valence-electron chi connectivity index (χ4n) is 2.87. The van der Waals surface area contributed by atoms with Crippen molar-refractivity contribution in [3.05, 3.63) is 83.2 Å². The van der Waals surface area contributed by atoms with Crippen LogP contribution in [0, 0.1) is 0 Å². The summed E-state index contributed by atoms with van der Waals surface area (Å²) in [6, 6.07) is 15.7. The molecule has 1 aromatic heterocycles. The van der Waals surface area contributed by atoms with E-state index in [4.69, 9.17) is 4.74 Å². The molecule has 0 atom stereocenters. The highest BCUT2D eigenvalue weighted by Gasteiger charge is 2.13.